The van der Waals surface area contributed by atoms with Crippen LogP contribution in [0.4, 0.5) is 10.1 Å². The number of nitrogens with two attached hydrogens (primary N) is 1. The average molecular weight is 275 g/mol. The Morgan fingerprint density at radius 3 is 2.80 bits per heavy atom. The monoisotopic (exact) mass is 275 g/mol. The van der Waals surface area contributed by atoms with Crippen LogP contribution in [0.15, 0.2) is 29.1 Å². The molecule has 1 saturated carbocycles. The second kappa shape index (κ2) is 5.15. The molecule has 4 nitrogen and oxygen atoms in total. The van der Waals surface area contributed by atoms with E-state index in [0.29, 0.717) is 18.2 Å². The van der Waals surface area contributed by atoms with Crippen LogP contribution in [-0.2, 0) is 6.54 Å². The lowest BCUT2D eigenvalue weighted by atomic mass is 10.0. The zero-order valence-corrected chi connectivity index (χ0v) is 11.2. The molecule has 2 aromatic rings. The molecule has 1 fully saturated rings. The maximum absolute atomic E-state index is 13.2. The van der Waals surface area contributed by atoms with E-state index in [4.69, 9.17) is 5.73 Å². The molecule has 20 heavy (non-hydrogen) atoms. The van der Waals surface area contributed by atoms with E-state index in [2.05, 4.69) is 5.10 Å². The molecule has 1 aromatic heterocycles. The third-order valence-electron chi connectivity index (χ3n) is 4.01. The Balaban J connectivity index is 1.90. The summed E-state index contributed by atoms with van der Waals surface area (Å²) in [6, 6.07) is 6.25. The number of hydrogen-bond donors (Lipinski definition) is 2. The molecule has 0 aliphatic heterocycles. The molecule has 0 saturated heterocycles. The molecule has 106 valence electrons. The molecule has 0 radical (unpaired) electrons. The Morgan fingerprint density at radius 1 is 1.35 bits per heavy atom. The van der Waals surface area contributed by atoms with Gasteiger partial charge in [0.05, 0.1) is 12.2 Å². The number of nitrogens with one attached hydrogen (secondary N) is 1. The molecule has 0 atom stereocenters. The average Bonchev–Trinajstić information content (AvgIpc) is 3.03. The highest BCUT2D eigenvalue weighted by molar-refractivity contribution is 5.43. The van der Waals surface area contributed by atoms with Gasteiger partial charge in [0.25, 0.3) is 5.56 Å². The summed E-state index contributed by atoms with van der Waals surface area (Å²) in [4.78, 5) is 12.1. The van der Waals surface area contributed by atoms with Gasteiger partial charge in [-0.2, -0.15) is 0 Å². The topological polar surface area (TPSA) is 63.8 Å². The van der Waals surface area contributed by atoms with E-state index >= 15 is 0 Å². The first-order valence-electron chi connectivity index (χ1n) is 6.98. The Morgan fingerprint density at radius 2 is 2.10 bits per heavy atom. The molecule has 1 aromatic carbocycles. The van der Waals surface area contributed by atoms with Crippen LogP contribution in [0.1, 0.15) is 42.9 Å². The van der Waals surface area contributed by atoms with Gasteiger partial charge >= 0.3 is 0 Å². The highest BCUT2D eigenvalue weighted by atomic mass is 19.1. The first-order chi connectivity index (χ1) is 9.65. The predicted octanol–water partition coefficient (Wildman–Crippen LogP) is 2.60. The lowest BCUT2D eigenvalue weighted by Gasteiger charge is -2.07. The lowest BCUT2D eigenvalue weighted by molar-refractivity contribution is 0.604. The van der Waals surface area contributed by atoms with Gasteiger partial charge in [-0.3, -0.25) is 9.89 Å². The van der Waals surface area contributed by atoms with Gasteiger partial charge in [-0.1, -0.05) is 25.0 Å². The zero-order chi connectivity index (χ0) is 14.1. The predicted molar refractivity (Wildman–Crippen MR) is 76.2 cm³/mol. The third-order valence-corrected chi connectivity index (χ3v) is 4.01. The van der Waals surface area contributed by atoms with Crippen LogP contribution in [0, 0.1) is 5.82 Å². The number of nitrogen functional groups attached to an aromatic ring is 1. The molecule has 0 amide bonds. The van der Waals surface area contributed by atoms with Crippen LogP contribution in [0.2, 0.25) is 0 Å². The van der Waals surface area contributed by atoms with Gasteiger partial charge in [-0.25, -0.2) is 9.07 Å². The van der Waals surface area contributed by atoms with Crippen molar-refractivity contribution in [2.75, 3.05) is 5.73 Å². The smallest absolute Gasteiger partial charge is 0.290 e. The van der Waals surface area contributed by atoms with Gasteiger partial charge in [-0.15, -0.1) is 0 Å². The van der Waals surface area contributed by atoms with Crippen molar-refractivity contribution in [2.24, 2.45) is 0 Å². The Bertz CT molecular complexity index is 668. The molecule has 1 aliphatic carbocycles. The lowest BCUT2D eigenvalue weighted by Crippen LogP contribution is -2.19. The number of aromatic nitrogens is 2. The normalized spacial score (nSPS) is 15.8. The molecule has 0 spiro atoms. The fourth-order valence-corrected chi connectivity index (χ4v) is 2.97. The Kier molecular flexibility index (Phi) is 3.34. The van der Waals surface area contributed by atoms with Gasteiger partial charge in [0.1, 0.15) is 11.5 Å². The van der Waals surface area contributed by atoms with Crippen molar-refractivity contribution in [2.45, 2.75) is 38.1 Å². The molecular formula is C15H18FN3O. The highest BCUT2D eigenvalue weighted by Gasteiger charge is 2.23. The minimum absolute atomic E-state index is 0.212. The Labute approximate surface area is 116 Å². The van der Waals surface area contributed by atoms with E-state index in [9.17, 15) is 9.18 Å². The van der Waals surface area contributed by atoms with Crippen molar-refractivity contribution >= 4 is 5.69 Å². The van der Waals surface area contributed by atoms with E-state index < -0.39 is 0 Å². The first kappa shape index (κ1) is 13.0. The number of H-pyrrole nitrogens is 1. The van der Waals surface area contributed by atoms with Crippen molar-refractivity contribution in [1.29, 1.82) is 0 Å². The van der Waals surface area contributed by atoms with Crippen molar-refractivity contribution < 1.29 is 4.39 Å². The van der Waals surface area contributed by atoms with Crippen LogP contribution in [0.25, 0.3) is 0 Å². The van der Waals surface area contributed by atoms with Gasteiger partial charge in [0, 0.05) is 5.92 Å². The molecule has 1 aliphatic rings. The molecule has 3 N–H and O–H groups in total. The third kappa shape index (κ3) is 2.35. The molecule has 0 unspecified atom stereocenters. The minimum atomic E-state index is -0.300. The SMILES string of the molecule is Nc1c(C2CCCC2)[nH]n(Cc2cccc(F)c2)c1=O. The molecule has 5 heteroatoms. The molecule has 3 rings (SSSR count). The van der Waals surface area contributed by atoms with Crippen LogP contribution in [0.5, 0.6) is 0 Å². The molecule has 0 bridgehead atoms. The number of rotatable bonds is 3. The van der Waals surface area contributed by atoms with E-state index in [1.165, 1.54) is 29.7 Å². The highest BCUT2D eigenvalue weighted by Crippen LogP contribution is 2.34. The van der Waals surface area contributed by atoms with E-state index in [1.807, 2.05) is 0 Å². The quantitative estimate of drug-likeness (QED) is 0.904. The summed E-state index contributed by atoms with van der Waals surface area (Å²) >= 11 is 0. The number of nitrogens with zero attached hydrogens (tertiary/aromatic N) is 1. The van der Waals surface area contributed by atoms with Crippen molar-refractivity contribution in [3.8, 4) is 0 Å². The molecule has 1 heterocycles. The van der Waals surface area contributed by atoms with Gasteiger partial charge < -0.3 is 5.73 Å². The van der Waals surface area contributed by atoms with Crippen LogP contribution in [-0.4, -0.2) is 9.78 Å². The van der Waals surface area contributed by atoms with Crippen molar-refractivity contribution in [3.63, 3.8) is 0 Å². The standard InChI is InChI=1S/C15H18FN3O/c16-12-7-3-4-10(8-12)9-19-15(20)13(17)14(18-19)11-5-1-2-6-11/h3-4,7-8,11,18H,1-2,5-6,9,17H2. The Hall–Kier alpha value is -2.04. The number of benzene rings is 1. The van der Waals surface area contributed by atoms with Crippen LogP contribution < -0.4 is 11.3 Å². The van der Waals surface area contributed by atoms with Gasteiger partial charge in [0.2, 0.25) is 0 Å². The first-order valence-corrected chi connectivity index (χ1v) is 6.98. The van der Waals surface area contributed by atoms with Crippen molar-refractivity contribution in [3.05, 3.63) is 51.7 Å². The summed E-state index contributed by atoms with van der Waals surface area (Å²) in [5.41, 5.74) is 7.62. The number of halogens is 1. The van der Waals surface area contributed by atoms with Gasteiger partial charge in [0.15, 0.2) is 0 Å². The molecular weight excluding hydrogens is 257 g/mol. The van der Waals surface area contributed by atoms with E-state index in [1.54, 1.807) is 12.1 Å². The summed E-state index contributed by atoms with van der Waals surface area (Å²) in [6.07, 6.45) is 4.51. The van der Waals surface area contributed by atoms with Crippen molar-refractivity contribution in [1.82, 2.24) is 9.78 Å². The summed E-state index contributed by atoms with van der Waals surface area (Å²) in [5.74, 6) is 0.0579. The summed E-state index contributed by atoms with van der Waals surface area (Å²) < 4.78 is 14.6. The number of hydrogen-bond acceptors (Lipinski definition) is 2. The summed E-state index contributed by atoms with van der Waals surface area (Å²) in [6.45, 7) is 0.313. The second-order valence-electron chi connectivity index (χ2n) is 5.44. The minimum Gasteiger partial charge on any atom is -0.393 e. The number of aromatic amines is 1. The fraction of sp³-hybridized carbons (Fsp3) is 0.400. The fourth-order valence-electron chi connectivity index (χ4n) is 2.97. The summed E-state index contributed by atoms with van der Waals surface area (Å²) in [7, 11) is 0. The zero-order valence-electron chi connectivity index (χ0n) is 11.2. The van der Waals surface area contributed by atoms with Crippen LogP contribution >= 0.6 is 0 Å². The summed E-state index contributed by atoms with van der Waals surface area (Å²) in [5, 5.41) is 3.12. The number of anilines is 1. The van der Waals surface area contributed by atoms with E-state index in [0.717, 1.165) is 24.1 Å². The van der Waals surface area contributed by atoms with Crippen LogP contribution in [0.3, 0.4) is 0 Å². The van der Waals surface area contributed by atoms with E-state index in [-0.39, 0.29) is 11.4 Å². The largest absolute Gasteiger partial charge is 0.393 e. The maximum atomic E-state index is 13.2. The second-order valence-corrected chi connectivity index (χ2v) is 5.44. The van der Waals surface area contributed by atoms with Gasteiger partial charge in [-0.05, 0) is 30.5 Å². The maximum Gasteiger partial charge on any atom is 0.290 e.